The van der Waals surface area contributed by atoms with E-state index in [-0.39, 0.29) is 16.9 Å². The Balaban J connectivity index is 1.53. The maximum absolute atomic E-state index is 10.3. The Hall–Kier alpha value is -1.85. The van der Waals surface area contributed by atoms with Crippen LogP contribution in [0.3, 0.4) is 0 Å². The third kappa shape index (κ3) is 2.42. The second-order valence-corrected chi connectivity index (χ2v) is 10.1. The summed E-state index contributed by atoms with van der Waals surface area (Å²) >= 11 is 0. The van der Waals surface area contributed by atoms with E-state index in [1.54, 1.807) is 0 Å². The van der Waals surface area contributed by atoms with E-state index in [9.17, 15) is 10.4 Å². The van der Waals surface area contributed by atoms with Crippen LogP contribution in [0.15, 0.2) is 47.6 Å². The lowest BCUT2D eigenvalue weighted by Gasteiger charge is -2.58. The van der Waals surface area contributed by atoms with Crippen LogP contribution in [0.4, 0.5) is 0 Å². The molecule has 1 N–H and O–H groups in total. The number of rotatable bonds is 1. The summed E-state index contributed by atoms with van der Waals surface area (Å²) in [6.45, 7) is 4.89. The van der Waals surface area contributed by atoms with Gasteiger partial charge in [0.15, 0.2) is 0 Å². The zero-order chi connectivity index (χ0) is 19.5. The average Bonchev–Trinajstić information content (AvgIpc) is 3.06. The van der Waals surface area contributed by atoms with Gasteiger partial charge in [0.2, 0.25) is 0 Å². The summed E-state index contributed by atoms with van der Waals surface area (Å²) in [4.78, 5) is 0. The average molecular weight is 374 g/mol. The molecule has 0 heterocycles. The summed E-state index contributed by atoms with van der Waals surface area (Å²) in [6, 6.07) is 13.5. The normalized spacial score (nSPS) is 42.1. The summed E-state index contributed by atoms with van der Waals surface area (Å²) in [5.74, 6) is 1.89. The van der Waals surface area contributed by atoms with Gasteiger partial charge in [-0.05, 0) is 90.2 Å². The lowest BCUT2D eigenvalue weighted by Crippen LogP contribution is -2.50. The monoisotopic (exact) mass is 373 g/mol. The minimum Gasteiger partial charge on any atom is -0.393 e. The number of aliphatic hydroxyl groups is 1. The van der Waals surface area contributed by atoms with Crippen LogP contribution in [0.25, 0.3) is 5.57 Å². The SMILES string of the molecule is C[C@]12CC[C@H](O)CC1=C(C#N)C[C@@H]1[C@@H]2CC[C@]2(C)C(c3ccccc3)=CC[C@@H]12. The zero-order valence-electron chi connectivity index (χ0n) is 17.1. The fourth-order valence-corrected chi connectivity index (χ4v) is 7.53. The van der Waals surface area contributed by atoms with Crippen molar-refractivity contribution in [1.29, 1.82) is 5.26 Å². The van der Waals surface area contributed by atoms with E-state index >= 15 is 0 Å². The van der Waals surface area contributed by atoms with E-state index in [0.717, 1.165) is 37.7 Å². The van der Waals surface area contributed by atoms with Crippen LogP contribution in [0.5, 0.6) is 0 Å². The molecule has 4 aliphatic rings. The molecule has 0 unspecified atom stereocenters. The minimum atomic E-state index is -0.255. The lowest BCUT2D eigenvalue weighted by atomic mass is 9.46. The number of fused-ring (bicyclic) bond motifs is 5. The van der Waals surface area contributed by atoms with Crippen LogP contribution in [-0.2, 0) is 0 Å². The number of nitriles is 1. The highest BCUT2D eigenvalue weighted by Gasteiger charge is 2.58. The minimum absolute atomic E-state index is 0.115. The highest BCUT2D eigenvalue weighted by Crippen LogP contribution is 2.67. The van der Waals surface area contributed by atoms with Gasteiger partial charge < -0.3 is 5.11 Å². The summed E-state index contributed by atoms with van der Waals surface area (Å²) in [6.07, 6.45) is 9.45. The van der Waals surface area contributed by atoms with Gasteiger partial charge >= 0.3 is 0 Å². The Labute approximate surface area is 169 Å². The van der Waals surface area contributed by atoms with Crippen molar-refractivity contribution >= 4 is 5.57 Å². The van der Waals surface area contributed by atoms with Crippen LogP contribution in [0, 0.1) is 39.9 Å². The van der Waals surface area contributed by atoms with Gasteiger partial charge in [0.05, 0.1) is 12.2 Å². The first-order chi connectivity index (χ1) is 13.5. The molecule has 0 amide bonds. The number of hydrogen-bond donors (Lipinski definition) is 1. The second-order valence-electron chi connectivity index (χ2n) is 10.1. The van der Waals surface area contributed by atoms with Crippen molar-refractivity contribution in [1.82, 2.24) is 0 Å². The molecule has 2 fully saturated rings. The van der Waals surface area contributed by atoms with Gasteiger partial charge in [-0.25, -0.2) is 0 Å². The van der Waals surface area contributed by atoms with E-state index in [1.165, 1.54) is 29.6 Å². The molecule has 0 bridgehead atoms. The van der Waals surface area contributed by atoms with Crippen molar-refractivity contribution in [2.75, 3.05) is 0 Å². The Kier molecular flexibility index (Phi) is 4.11. The van der Waals surface area contributed by atoms with Crippen molar-refractivity contribution < 1.29 is 5.11 Å². The zero-order valence-corrected chi connectivity index (χ0v) is 17.1. The fraction of sp³-hybridized carbons (Fsp3) is 0.577. The topological polar surface area (TPSA) is 44.0 Å². The first-order valence-electron chi connectivity index (χ1n) is 11.0. The van der Waals surface area contributed by atoms with Crippen molar-refractivity contribution in [2.24, 2.45) is 28.6 Å². The fourth-order valence-electron chi connectivity index (χ4n) is 7.53. The van der Waals surface area contributed by atoms with Crippen LogP contribution < -0.4 is 0 Å². The highest BCUT2D eigenvalue weighted by atomic mass is 16.3. The van der Waals surface area contributed by atoms with E-state index in [4.69, 9.17) is 0 Å². The van der Waals surface area contributed by atoms with E-state index < -0.39 is 0 Å². The lowest BCUT2D eigenvalue weighted by molar-refractivity contribution is -0.0257. The standard InChI is InChI=1S/C26H31NO/c1-25-13-11-23-20(22(25)9-8-21(25)17-6-4-3-5-7-17)14-18(16-27)24-15-19(28)10-12-26(23,24)2/h3-8,19-20,22-23,28H,9-15H2,1-2H3/t19-,20-,22-,23-,25+,26+/m0/s1. The van der Waals surface area contributed by atoms with Gasteiger partial charge in [-0.15, -0.1) is 0 Å². The van der Waals surface area contributed by atoms with Gasteiger partial charge in [0, 0.05) is 5.57 Å². The molecule has 0 saturated heterocycles. The molecule has 0 aliphatic heterocycles. The molecule has 2 heteroatoms. The second kappa shape index (κ2) is 6.33. The Morgan fingerprint density at radius 2 is 1.75 bits per heavy atom. The van der Waals surface area contributed by atoms with E-state index in [1.807, 2.05) is 0 Å². The molecule has 0 radical (unpaired) electrons. The van der Waals surface area contributed by atoms with Crippen LogP contribution in [-0.4, -0.2) is 11.2 Å². The summed E-state index contributed by atoms with van der Waals surface area (Å²) in [7, 11) is 0. The number of aliphatic hydroxyl groups excluding tert-OH is 1. The van der Waals surface area contributed by atoms with E-state index in [2.05, 4.69) is 56.3 Å². The Morgan fingerprint density at radius 3 is 2.50 bits per heavy atom. The molecule has 146 valence electrons. The predicted octanol–water partition coefficient (Wildman–Crippen LogP) is 5.90. The molecule has 4 aliphatic carbocycles. The highest BCUT2D eigenvalue weighted by molar-refractivity contribution is 5.73. The predicted molar refractivity (Wildman–Crippen MR) is 112 cm³/mol. The van der Waals surface area contributed by atoms with Crippen LogP contribution in [0.1, 0.15) is 64.4 Å². The van der Waals surface area contributed by atoms with Gasteiger partial charge in [0.25, 0.3) is 0 Å². The first kappa shape index (κ1) is 18.2. The number of benzene rings is 1. The maximum Gasteiger partial charge on any atom is 0.0946 e. The molecule has 2 saturated carbocycles. The first-order valence-corrected chi connectivity index (χ1v) is 11.0. The number of nitrogens with zero attached hydrogens (tertiary/aromatic N) is 1. The van der Waals surface area contributed by atoms with Gasteiger partial charge in [0.1, 0.15) is 0 Å². The number of allylic oxidation sites excluding steroid dienone is 3. The molecule has 1 aromatic carbocycles. The van der Waals surface area contributed by atoms with Crippen LogP contribution >= 0.6 is 0 Å². The summed E-state index contributed by atoms with van der Waals surface area (Å²) < 4.78 is 0. The van der Waals surface area contributed by atoms with E-state index in [0.29, 0.717) is 17.8 Å². The number of hydrogen-bond acceptors (Lipinski definition) is 2. The maximum atomic E-state index is 10.3. The van der Waals surface area contributed by atoms with Crippen molar-refractivity contribution in [3.8, 4) is 6.07 Å². The summed E-state index contributed by atoms with van der Waals surface area (Å²) in [5.41, 5.74) is 5.56. The molecule has 5 rings (SSSR count). The molecule has 6 atom stereocenters. The van der Waals surface area contributed by atoms with Crippen molar-refractivity contribution in [2.45, 2.75) is 64.9 Å². The molecule has 1 aromatic rings. The largest absolute Gasteiger partial charge is 0.393 e. The molecular formula is C26H31NO. The molecule has 28 heavy (non-hydrogen) atoms. The third-order valence-electron chi connectivity index (χ3n) is 8.99. The molecule has 0 spiro atoms. The smallest absolute Gasteiger partial charge is 0.0946 e. The Bertz CT molecular complexity index is 891. The molecule has 0 aromatic heterocycles. The summed E-state index contributed by atoms with van der Waals surface area (Å²) in [5, 5.41) is 20.2. The van der Waals surface area contributed by atoms with Gasteiger partial charge in [-0.3, -0.25) is 0 Å². The van der Waals surface area contributed by atoms with Crippen LogP contribution in [0.2, 0.25) is 0 Å². The van der Waals surface area contributed by atoms with Crippen molar-refractivity contribution in [3.05, 3.63) is 53.1 Å². The quantitative estimate of drug-likeness (QED) is 0.666. The van der Waals surface area contributed by atoms with Gasteiger partial charge in [-0.1, -0.05) is 50.3 Å². The van der Waals surface area contributed by atoms with Gasteiger partial charge in [-0.2, -0.15) is 5.26 Å². The Morgan fingerprint density at radius 1 is 1.00 bits per heavy atom. The molecular weight excluding hydrogens is 342 g/mol. The third-order valence-corrected chi connectivity index (χ3v) is 8.99. The van der Waals surface area contributed by atoms with Crippen molar-refractivity contribution in [3.63, 3.8) is 0 Å². The molecule has 2 nitrogen and oxygen atoms in total.